The molecule has 0 saturated carbocycles. The van der Waals surface area contributed by atoms with Crippen LogP contribution < -0.4 is 0 Å². The molecule has 0 amide bonds. The Bertz CT molecular complexity index is 486. The van der Waals surface area contributed by atoms with E-state index in [-0.39, 0.29) is 25.7 Å². The lowest BCUT2D eigenvalue weighted by Crippen LogP contribution is -2.44. The maximum Gasteiger partial charge on any atom is 0.423 e. The lowest BCUT2D eigenvalue weighted by Gasteiger charge is -2.30. The maximum absolute atomic E-state index is 12.6. The van der Waals surface area contributed by atoms with Crippen LogP contribution in [0.2, 0.25) is 0 Å². The zero-order valence-electron chi connectivity index (χ0n) is 24.0. The van der Waals surface area contributed by atoms with E-state index in [1.807, 2.05) is 0 Å². The number of ether oxygens (including phenoxy) is 3. The van der Waals surface area contributed by atoms with Gasteiger partial charge in [0.25, 0.3) is 0 Å². The van der Waals surface area contributed by atoms with Gasteiger partial charge in [0.2, 0.25) is 0 Å². The first-order valence-corrected chi connectivity index (χ1v) is 15.1. The Morgan fingerprint density at radius 3 is 0.917 bits per heavy atom. The van der Waals surface area contributed by atoms with Crippen LogP contribution in [0.3, 0.4) is 0 Å². The average Bonchev–Trinajstić information content (AvgIpc) is 2.85. The second kappa shape index (κ2) is 23.8. The number of unbranched alkanes of at least 4 members (excludes halogenated alkanes) is 15. The molecule has 212 valence electrons. The van der Waals surface area contributed by atoms with Crippen molar-refractivity contribution in [2.75, 3.05) is 0 Å². The lowest BCUT2D eigenvalue weighted by molar-refractivity contribution is -0.331. The van der Waals surface area contributed by atoms with Gasteiger partial charge in [-0.2, -0.15) is 0 Å². The van der Waals surface area contributed by atoms with Crippen LogP contribution in [0, 0.1) is 0 Å². The van der Waals surface area contributed by atoms with E-state index in [9.17, 15) is 14.4 Å². The Morgan fingerprint density at radius 1 is 0.417 bits per heavy atom. The van der Waals surface area contributed by atoms with Crippen molar-refractivity contribution >= 4 is 17.9 Å². The fourth-order valence-corrected chi connectivity index (χ4v) is 4.10. The Morgan fingerprint density at radius 2 is 0.667 bits per heavy atom. The molecule has 0 atom stereocenters. The smallest absolute Gasteiger partial charge is 0.388 e. The Labute approximate surface area is 221 Å². The third-order valence-corrected chi connectivity index (χ3v) is 6.44. The summed E-state index contributed by atoms with van der Waals surface area (Å²) >= 11 is 0. The van der Waals surface area contributed by atoms with Crippen molar-refractivity contribution in [1.29, 1.82) is 0 Å². The summed E-state index contributed by atoms with van der Waals surface area (Å²) in [6.07, 6.45) is 19.6. The molecule has 0 unspecified atom stereocenters. The second-order valence-corrected chi connectivity index (χ2v) is 10.0. The molecule has 0 saturated heterocycles. The lowest BCUT2D eigenvalue weighted by atomic mass is 10.1. The molecule has 0 heterocycles. The number of hydrogen-bond acceptors (Lipinski definition) is 6. The second-order valence-electron chi connectivity index (χ2n) is 10.0. The Hall–Kier alpha value is -1.59. The Balaban J connectivity index is 4.83. The van der Waals surface area contributed by atoms with E-state index in [4.69, 9.17) is 14.2 Å². The molecule has 0 aliphatic heterocycles. The van der Waals surface area contributed by atoms with Crippen molar-refractivity contribution in [1.82, 2.24) is 0 Å². The zero-order valence-corrected chi connectivity index (χ0v) is 24.0. The van der Waals surface area contributed by atoms with E-state index in [1.54, 1.807) is 6.92 Å². The zero-order chi connectivity index (χ0) is 26.9. The van der Waals surface area contributed by atoms with Crippen LogP contribution in [-0.4, -0.2) is 23.9 Å². The molecule has 0 aromatic rings. The third kappa shape index (κ3) is 19.6. The summed E-state index contributed by atoms with van der Waals surface area (Å²) in [6, 6.07) is 0. The quantitative estimate of drug-likeness (QED) is 0.0690. The van der Waals surface area contributed by atoms with E-state index in [0.717, 1.165) is 57.8 Å². The minimum Gasteiger partial charge on any atom is -0.388 e. The highest BCUT2D eigenvalue weighted by Gasteiger charge is 2.41. The van der Waals surface area contributed by atoms with Gasteiger partial charge in [0.05, 0.1) is 6.42 Å². The molecule has 0 bridgehead atoms. The van der Waals surface area contributed by atoms with E-state index < -0.39 is 23.9 Å². The summed E-state index contributed by atoms with van der Waals surface area (Å²) in [6.45, 7) is 8.21. The number of rotatable bonds is 25. The summed E-state index contributed by atoms with van der Waals surface area (Å²) in [5.41, 5.74) is 0. The minimum atomic E-state index is -1.96. The van der Waals surface area contributed by atoms with Gasteiger partial charge >= 0.3 is 23.9 Å². The highest BCUT2D eigenvalue weighted by atomic mass is 16.9. The first-order chi connectivity index (χ1) is 17.4. The van der Waals surface area contributed by atoms with Crippen LogP contribution in [0.15, 0.2) is 0 Å². The van der Waals surface area contributed by atoms with Crippen LogP contribution in [0.25, 0.3) is 0 Å². The van der Waals surface area contributed by atoms with Crippen molar-refractivity contribution in [3.8, 4) is 0 Å². The summed E-state index contributed by atoms with van der Waals surface area (Å²) < 4.78 is 16.7. The third-order valence-electron chi connectivity index (χ3n) is 6.44. The molecular formula is C30H56O6. The van der Waals surface area contributed by atoms with Gasteiger partial charge in [-0.1, -0.05) is 124 Å². The van der Waals surface area contributed by atoms with Gasteiger partial charge in [-0.05, 0) is 19.3 Å². The summed E-state index contributed by atoms with van der Waals surface area (Å²) in [4.78, 5) is 37.8. The number of esters is 3. The van der Waals surface area contributed by atoms with E-state index in [1.165, 1.54) is 38.5 Å². The van der Waals surface area contributed by atoms with Gasteiger partial charge in [-0.25, -0.2) is 0 Å². The van der Waals surface area contributed by atoms with Crippen LogP contribution >= 0.6 is 0 Å². The Kier molecular flexibility index (Phi) is 22.7. The summed E-state index contributed by atoms with van der Waals surface area (Å²) in [5, 5.41) is 0. The summed E-state index contributed by atoms with van der Waals surface area (Å²) in [7, 11) is 0. The summed E-state index contributed by atoms with van der Waals surface area (Å²) in [5.74, 6) is -3.44. The number of carbonyl (C=O) groups excluding carboxylic acids is 3. The average molecular weight is 513 g/mol. The van der Waals surface area contributed by atoms with Crippen molar-refractivity contribution in [2.24, 2.45) is 0 Å². The largest absolute Gasteiger partial charge is 0.423 e. The molecule has 0 aliphatic carbocycles. The predicted octanol–water partition coefficient (Wildman–Crippen LogP) is 8.93. The van der Waals surface area contributed by atoms with Gasteiger partial charge in [-0.3, -0.25) is 14.4 Å². The fraction of sp³-hybridized carbons (Fsp3) is 0.900. The van der Waals surface area contributed by atoms with E-state index in [0.29, 0.717) is 19.3 Å². The van der Waals surface area contributed by atoms with Gasteiger partial charge in [0.15, 0.2) is 0 Å². The topological polar surface area (TPSA) is 78.9 Å². The molecule has 0 radical (unpaired) electrons. The van der Waals surface area contributed by atoms with Crippen LogP contribution in [-0.2, 0) is 28.6 Å². The number of carbonyl (C=O) groups is 3. The molecule has 0 rings (SSSR count). The van der Waals surface area contributed by atoms with Gasteiger partial charge < -0.3 is 14.2 Å². The van der Waals surface area contributed by atoms with Crippen molar-refractivity contribution in [3.05, 3.63) is 0 Å². The molecular weight excluding hydrogens is 456 g/mol. The molecule has 0 aromatic heterocycles. The normalized spacial score (nSPS) is 11.3. The van der Waals surface area contributed by atoms with Gasteiger partial charge in [-0.15, -0.1) is 0 Å². The van der Waals surface area contributed by atoms with Crippen molar-refractivity contribution < 1.29 is 28.6 Å². The molecule has 6 heteroatoms. The predicted molar refractivity (Wildman–Crippen MR) is 145 cm³/mol. The first kappa shape index (κ1) is 34.4. The fourth-order valence-electron chi connectivity index (χ4n) is 4.10. The molecule has 0 fully saturated rings. The van der Waals surface area contributed by atoms with Gasteiger partial charge in [0, 0.05) is 19.3 Å². The molecule has 0 aliphatic rings. The number of hydrogen-bond donors (Lipinski definition) is 0. The highest BCUT2D eigenvalue weighted by molar-refractivity contribution is 5.73. The van der Waals surface area contributed by atoms with Gasteiger partial charge in [0.1, 0.15) is 0 Å². The first-order valence-electron chi connectivity index (χ1n) is 15.1. The molecule has 6 nitrogen and oxygen atoms in total. The van der Waals surface area contributed by atoms with Crippen LogP contribution in [0.5, 0.6) is 0 Å². The van der Waals surface area contributed by atoms with E-state index >= 15 is 0 Å². The van der Waals surface area contributed by atoms with Crippen molar-refractivity contribution in [3.63, 3.8) is 0 Å². The minimum absolute atomic E-state index is 0.0692. The molecule has 0 spiro atoms. The molecule has 36 heavy (non-hydrogen) atoms. The monoisotopic (exact) mass is 512 g/mol. The van der Waals surface area contributed by atoms with Crippen LogP contribution in [0.4, 0.5) is 0 Å². The van der Waals surface area contributed by atoms with Crippen molar-refractivity contribution in [2.45, 2.75) is 175 Å². The standard InChI is InChI=1S/C30H56O6/c1-5-9-12-15-18-21-24-27(31)34-30(8-4,35-28(32)25-22-19-16-13-10-6-2)36-29(33)26-23-20-17-14-11-7-3/h5-26H2,1-4H3. The molecule has 0 N–H and O–H groups in total. The van der Waals surface area contributed by atoms with Crippen LogP contribution in [0.1, 0.15) is 169 Å². The maximum atomic E-state index is 12.6. The highest BCUT2D eigenvalue weighted by Crippen LogP contribution is 2.25. The van der Waals surface area contributed by atoms with E-state index in [2.05, 4.69) is 20.8 Å². The SMILES string of the molecule is CCCCCCCCC(=O)OC(CC)(OC(=O)CCCCCCCC)OC(=O)CCCCCCCC. The molecule has 0 aromatic carbocycles.